The van der Waals surface area contributed by atoms with E-state index < -0.39 is 17.2 Å². The van der Waals surface area contributed by atoms with Gasteiger partial charge in [-0.25, -0.2) is 15.3 Å². The molecule has 1 aromatic heterocycles. The Kier molecular flexibility index (Phi) is 7.76. The van der Waals surface area contributed by atoms with Gasteiger partial charge in [-0.2, -0.15) is 10.2 Å². The molecular weight excluding hydrogens is 390 g/mol. The van der Waals surface area contributed by atoms with Crippen molar-refractivity contribution in [2.75, 3.05) is 13.2 Å². The molecule has 2 aromatic rings. The number of aromatic amines is 2. The van der Waals surface area contributed by atoms with Crippen LogP contribution in [0.3, 0.4) is 0 Å². The summed E-state index contributed by atoms with van der Waals surface area (Å²) >= 11 is 6.22. The summed E-state index contributed by atoms with van der Waals surface area (Å²) in [5.74, 6) is 0.504. The topological polar surface area (TPSA) is 139 Å². The number of aromatic nitrogens is 3. The van der Waals surface area contributed by atoms with E-state index in [1.165, 1.54) is 6.21 Å². The van der Waals surface area contributed by atoms with Crippen LogP contribution in [0.25, 0.3) is 0 Å². The van der Waals surface area contributed by atoms with Crippen LogP contribution in [0, 0.1) is 0 Å². The normalized spacial score (nSPS) is 10.8. The number of aryl methyl sites for hydroxylation is 1. The molecule has 0 saturated heterocycles. The van der Waals surface area contributed by atoms with Crippen LogP contribution in [0.15, 0.2) is 26.8 Å². The van der Waals surface area contributed by atoms with Gasteiger partial charge < -0.3 is 9.47 Å². The second-order valence-corrected chi connectivity index (χ2v) is 5.85. The molecule has 0 unspecified atom stereocenters. The van der Waals surface area contributed by atoms with Gasteiger partial charge in [0.15, 0.2) is 11.5 Å². The van der Waals surface area contributed by atoms with E-state index in [9.17, 15) is 14.4 Å². The lowest BCUT2D eigenvalue weighted by Crippen LogP contribution is -2.28. The lowest BCUT2D eigenvalue weighted by molar-refractivity contribution is -0.121. The monoisotopic (exact) mass is 409 g/mol. The first-order valence-electron chi connectivity index (χ1n) is 8.53. The molecule has 0 saturated carbocycles. The van der Waals surface area contributed by atoms with E-state index in [1.54, 1.807) is 12.1 Å². The molecule has 2 rings (SSSR count). The molecule has 1 heterocycles. The van der Waals surface area contributed by atoms with E-state index in [1.807, 2.05) is 18.8 Å². The maximum absolute atomic E-state index is 11.9. The van der Waals surface area contributed by atoms with Gasteiger partial charge in [0.25, 0.3) is 5.56 Å². The average molecular weight is 410 g/mol. The van der Waals surface area contributed by atoms with Crippen molar-refractivity contribution in [2.45, 2.75) is 26.7 Å². The zero-order valence-electron chi connectivity index (χ0n) is 15.4. The number of amides is 1. The van der Waals surface area contributed by atoms with Gasteiger partial charge in [0.05, 0.1) is 24.5 Å². The van der Waals surface area contributed by atoms with Crippen LogP contribution in [0.1, 0.15) is 31.5 Å². The van der Waals surface area contributed by atoms with E-state index in [0.29, 0.717) is 35.3 Å². The molecule has 0 aliphatic rings. The SMILES string of the molecule is CCOc1cc(/C=N/NC(=O)CCc2n[nH]c(=O)[nH]c2=O)cc(Cl)c1OCC. The summed E-state index contributed by atoms with van der Waals surface area (Å²) in [6.07, 6.45) is 1.43. The van der Waals surface area contributed by atoms with Crippen LogP contribution in [-0.2, 0) is 11.2 Å². The molecule has 3 N–H and O–H groups in total. The molecule has 0 bridgehead atoms. The first kappa shape index (κ1) is 21.2. The second-order valence-electron chi connectivity index (χ2n) is 5.44. The van der Waals surface area contributed by atoms with Crippen LogP contribution in [-0.4, -0.2) is 40.5 Å². The van der Waals surface area contributed by atoms with Crippen molar-refractivity contribution in [3.63, 3.8) is 0 Å². The fraction of sp³-hybridized carbons (Fsp3) is 0.353. The summed E-state index contributed by atoms with van der Waals surface area (Å²) in [4.78, 5) is 36.3. The number of hydrazone groups is 1. The van der Waals surface area contributed by atoms with Crippen molar-refractivity contribution in [3.8, 4) is 11.5 Å². The largest absolute Gasteiger partial charge is 0.490 e. The minimum absolute atomic E-state index is 0.0340. The number of rotatable bonds is 9. The van der Waals surface area contributed by atoms with E-state index in [2.05, 4.69) is 20.7 Å². The molecule has 0 fully saturated rings. The van der Waals surface area contributed by atoms with Crippen LogP contribution < -0.4 is 26.1 Å². The molecule has 11 heteroatoms. The van der Waals surface area contributed by atoms with Crippen molar-refractivity contribution in [1.29, 1.82) is 0 Å². The highest BCUT2D eigenvalue weighted by atomic mass is 35.5. The number of hydrogen-bond acceptors (Lipinski definition) is 7. The Bertz CT molecular complexity index is 969. The first-order chi connectivity index (χ1) is 13.4. The van der Waals surface area contributed by atoms with Crippen molar-refractivity contribution in [1.82, 2.24) is 20.6 Å². The fourth-order valence-corrected chi connectivity index (χ4v) is 2.49. The molecule has 0 aliphatic carbocycles. The Morgan fingerprint density at radius 3 is 2.71 bits per heavy atom. The number of H-pyrrole nitrogens is 2. The summed E-state index contributed by atoms with van der Waals surface area (Å²) in [6.45, 7) is 4.56. The standard InChI is InChI=1S/C17H20ClN5O5/c1-3-27-13-8-10(7-11(18)15(13)28-4-2)9-19-22-14(24)6-5-12-16(25)20-17(26)23-21-12/h7-9H,3-6H2,1-2H3,(H,22,24)(H2,20,23,25,26)/b19-9+. The molecule has 1 amide bonds. The number of ether oxygens (including phenoxy) is 2. The number of nitrogens with zero attached hydrogens (tertiary/aromatic N) is 2. The second kappa shape index (κ2) is 10.3. The van der Waals surface area contributed by atoms with Crippen molar-refractivity contribution >= 4 is 23.7 Å². The predicted molar refractivity (Wildman–Crippen MR) is 103 cm³/mol. The van der Waals surface area contributed by atoms with Gasteiger partial charge in [0.2, 0.25) is 5.91 Å². The van der Waals surface area contributed by atoms with E-state index in [0.717, 1.165) is 0 Å². The van der Waals surface area contributed by atoms with Crippen LogP contribution in [0.2, 0.25) is 5.02 Å². The van der Waals surface area contributed by atoms with Gasteiger partial charge in [-0.1, -0.05) is 11.6 Å². The lowest BCUT2D eigenvalue weighted by Gasteiger charge is -2.13. The first-order valence-corrected chi connectivity index (χ1v) is 8.91. The molecule has 28 heavy (non-hydrogen) atoms. The van der Waals surface area contributed by atoms with E-state index in [4.69, 9.17) is 21.1 Å². The fourth-order valence-electron chi connectivity index (χ4n) is 2.22. The Morgan fingerprint density at radius 1 is 1.29 bits per heavy atom. The zero-order valence-corrected chi connectivity index (χ0v) is 16.1. The van der Waals surface area contributed by atoms with Crippen molar-refractivity contribution in [3.05, 3.63) is 49.3 Å². The van der Waals surface area contributed by atoms with Gasteiger partial charge in [0.1, 0.15) is 5.69 Å². The van der Waals surface area contributed by atoms with Crippen LogP contribution in [0.5, 0.6) is 11.5 Å². The highest BCUT2D eigenvalue weighted by molar-refractivity contribution is 6.32. The number of carbonyl (C=O) groups excluding carboxylic acids is 1. The summed E-state index contributed by atoms with van der Waals surface area (Å²) in [7, 11) is 0. The highest BCUT2D eigenvalue weighted by Gasteiger charge is 2.12. The van der Waals surface area contributed by atoms with E-state index in [-0.39, 0.29) is 18.5 Å². The highest BCUT2D eigenvalue weighted by Crippen LogP contribution is 2.36. The van der Waals surface area contributed by atoms with Gasteiger partial charge in [-0.05, 0) is 31.5 Å². The summed E-state index contributed by atoms with van der Waals surface area (Å²) in [5.41, 5.74) is 1.67. The minimum atomic E-state index is -0.705. The molecule has 0 radical (unpaired) electrons. The zero-order chi connectivity index (χ0) is 20.5. The number of benzene rings is 1. The molecular formula is C17H20ClN5O5. The molecule has 0 aliphatic heterocycles. The quantitative estimate of drug-likeness (QED) is 0.417. The van der Waals surface area contributed by atoms with E-state index >= 15 is 0 Å². The summed E-state index contributed by atoms with van der Waals surface area (Å²) < 4.78 is 11.0. The van der Waals surface area contributed by atoms with Crippen LogP contribution in [0.4, 0.5) is 0 Å². The Hall–Kier alpha value is -3.14. The number of hydrogen-bond donors (Lipinski definition) is 3. The summed E-state index contributed by atoms with van der Waals surface area (Å²) in [6, 6.07) is 3.33. The smallest absolute Gasteiger partial charge is 0.342 e. The summed E-state index contributed by atoms with van der Waals surface area (Å²) in [5, 5.41) is 9.93. The average Bonchev–Trinajstić information content (AvgIpc) is 2.64. The maximum Gasteiger partial charge on any atom is 0.342 e. The Morgan fingerprint density at radius 2 is 2.04 bits per heavy atom. The third kappa shape index (κ3) is 5.95. The van der Waals surface area contributed by atoms with Crippen LogP contribution >= 0.6 is 11.6 Å². The maximum atomic E-state index is 11.9. The van der Waals surface area contributed by atoms with Gasteiger partial charge >= 0.3 is 5.69 Å². The number of nitrogens with one attached hydrogen (secondary N) is 3. The van der Waals surface area contributed by atoms with Crippen molar-refractivity contribution in [2.24, 2.45) is 5.10 Å². The lowest BCUT2D eigenvalue weighted by atomic mass is 10.2. The van der Waals surface area contributed by atoms with Crippen molar-refractivity contribution < 1.29 is 14.3 Å². The predicted octanol–water partition coefficient (Wildman–Crippen LogP) is 0.992. The molecule has 150 valence electrons. The molecule has 1 aromatic carbocycles. The van der Waals surface area contributed by atoms with Gasteiger partial charge in [-0.15, -0.1) is 0 Å². The third-order valence-corrected chi connectivity index (χ3v) is 3.67. The van der Waals surface area contributed by atoms with Gasteiger partial charge in [0, 0.05) is 12.8 Å². The molecule has 0 atom stereocenters. The molecule has 10 nitrogen and oxygen atoms in total. The Balaban J connectivity index is 1.98. The number of halogens is 1. The minimum Gasteiger partial charge on any atom is -0.490 e. The molecule has 0 spiro atoms. The number of carbonyl (C=O) groups is 1. The third-order valence-electron chi connectivity index (χ3n) is 3.39. The Labute approximate surface area is 164 Å². The van der Waals surface area contributed by atoms with Gasteiger partial charge in [-0.3, -0.25) is 14.6 Å².